The first-order valence-corrected chi connectivity index (χ1v) is 9.58. The molecule has 0 atom stereocenters. The zero-order valence-corrected chi connectivity index (χ0v) is 16.9. The van der Waals surface area contributed by atoms with Gasteiger partial charge in [-0.25, -0.2) is 0 Å². The normalized spacial score (nSPS) is 20.0. The minimum Gasteiger partial charge on any atom is -0.497 e. The Balaban J connectivity index is 1.51. The average Bonchev–Trinajstić information content (AvgIpc) is 2.69. The highest BCUT2D eigenvalue weighted by Gasteiger charge is 2.33. The van der Waals surface area contributed by atoms with Crippen molar-refractivity contribution in [3.8, 4) is 11.5 Å². The van der Waals surface area contributed by atoms with Gasteiger partial charge < -0.3 is 29.7 Å². The van der Waals surface area contributed by atoms with E-state index in [9.17, 15) is 0 Å². The van der Waals surface area contributed by atoms with E-state index >= 15 is 0 Å². The largest absolute Gasteiger partial charge is 0.497 e. The van der Waals surface area contributed by atoms with Gasteiger partial charge in [0.15, 0.2) is 5.96 Å². The first-order chi connectivity index (χ1) is 13.0. The maximum absolute atomic E-state index is 5.39. The van der Waals surface area contributed by atoms with Crippen LogP contribution in [0.1, 0.15) is 19.8 Å². The van der Waals surface area contributed by atoms with Gasteiger partial charge in [0.1, 0.15) is 11.5 Å². The molecule has 3 rings (SSSR count). The van der Waals surface area contributed by atoms with Crippen molar-refractivity contribution in [1.29, 1.82) is 0 Å². The Labute approximate surface area is 162 Å². The van der Waals surface area contributed by atoms with Crippen LogP contribution in [-0.4, -0.2) is 66.1 Å². The molecule has 0 bridgehead atoms. The van der Waals surface area contributed by atoms with Crippen molar-refractivity contribution in [3.05, 3.63) is 18.2 Å². The molecule has 0 aromatic heterocycles. The van der Waals surface area contributed by atoms with Crippen LogP contribution in [0.5, 0.6) is 11.5 Å². The summed E-state index contributed by atoms with van der Waals surface area (Å²) >= 11 is 0. The van der Waals surface area contributed by atoms with Crippen LogP contribution in [0.15, 0.2) is 23.2 Å². The summed E-state index contributed by atoms with van der Waals surface area (Å²) in [6.07, 6.45) is 2.11. The Hall–Kier alpha value is -2.15. The number of guanidine groups is 1. The van der Waals surface area contributed by atoms with E-state index in [0.29, 0.717) is 6.04 Å². The van der Waals surface area contributed by atoms with Crippen LogP contribution in [0.25, 0.3) is 0 Å². The Morgan fingerprint density at radius 2 is 1.81 bits per heavy atom. The van der Waals surface area contributed by atoms with Crippen molar-refractivity contribution in [2.24, 2.45) is 10.4 Å². The summed E-state index contributed by atoms with van der Waals surface area (Å²) in [6.45, 7) is 6.72. The summed E-state index contributed by atoms with van der Waals surface area (Å²) in [5, 5.41) is 7.01. The maximum Gasteiger partial charge on any atom is 0.191 e. The third-order valence-corrected chi connectivity index (χ3v) is 5.34. The van der Waals surface area contributed by atoms with Crippen molar-refractivity contribution in [2.45, 2.75) is 25.8 Å². The van der Waals surface area contributed by atoms with E-state index in [4.69, 9.17) is 14.2 Å². The number of rotatable bonds is 6. The SMILES string of the molecule is CN=C(NCC1(C)COC1)NC1CCN(c2cc(OC)cc(OC)c2)CC1. The van der Waals surface area contributed by atoms with Gasteiger partial charge in [0.05, 0.1) is 27.4 Å². The molecule has 150 valence electrons. The smallest absolute Gasteiger partial charge is 0.191 e. The molecule has 0 spiro atoms. The number of ether oxygens (including phenoxy) is 3. The van der Waals surface area contributed by atoms with Crippen LogP contribution in [0.3, 0.4) is 0 Å². The summed E-state index contributed by atoms with van der Waals surface area (Å²) in [6, 6.07) is 6.46. The van der Waals surface area contributed by atoms with Crippen molar-refractivity contribution in [2.75, 3.05) is 59.0 Å². The number of nitrogens with one attached hydrogen (secondary N) is 2. The number of anilines is 1. The van der Waals surface area contributed by atoms with Gasteiger partial charge >= 0.3 is 0 Å². The van der Waals surface area contributed by atoms with Gasteiger partial charge in [0, 0.05) is 62.0 Å². The number of nitrogens with zero attached hydrogens (tertiary/aromatic N) is 2. The topological polar surface area (TPSA) is 67.4 Å². The molecular weight excluding hydrogens is 344 g/mol. The predicted molar refractivity (Wildman–Crippen MR) is 108 cm³/mol. The molecule has 1 aromatic rings. The van der Waals surface area contributed by atoms with E-state index < -0.39 is 0 Å². The van der Waals surface area contributed by atoms with Crippen molar-refractivity contribution >= 4 is 11.6 Å². The summed E-state index contributed by atoms with van der Waals surface area (Å²) in [4.78, 5) is 6.75. The molecule has 7 nitrogen and oxygen atoms in total. The molecule has 0 unspecified atom stereocenters. The van der Waals surface area contributed by atoms with E-state index in [1.165, 1.54) is 0 Å². The fourth-order valence-electron chi connectivity index (χ4n) is 3.49. The third kappa shape index (κ3) is 4.97. The molecule has 2 aliphatic heterocycles. The molecule has 2 heterocycles. The number of piperidine rings is 1. The second-order valence-electron chi connectivity index (χ2n) is 7.71. The standard InChI is InChI=1S/C20H32N4O3/c1-20(13-27-14-20)12-22-19(21-2)23-15-5-7-24(8-6-15)16-9-17(25-3)11-18(10-16)26-4/h9-11,15H,5-8,12-14H2,1-4H3,(H2,21,22,23). The zero-order valence-electron chi connectivity index (χ0n) is 16.9. The molecule has 0 aliphatic carbocycles. The van der Waals surface area contributed by atoms with E-state index in [1.54, 1.807) is 14.2 Å². The zero-order chi connectivity index (χ0) is 19.3. The number of methoxy groups -OCH3 is 2. The lowest BCUT2D eigenvalue weighted by atomic mass is 9.89. The second kappa shape index (κ2) is 8.69. The maximum atomic E-state index is 5.39. The first kappa shape index (κ1) is 19.6. The summed E-state index contributed by atoms with van der Waals surface area (Å²) < 4.78 is 16.1. The van der Waals surface area contributed by atoms with Gasteiger partial charge in [-0.05, 0) is 12.8 Å². The molecule has 2 saturated heterocycles. The minimum atomic E-state index is 0.229. The lowest BCUT2D eigenvalue weighted by molar-refractivity contribution is -0.0971. The van der Waals surface area contributed by atoms with Gasteiger partial charge in [-0.15, -0.1) is 0 Å². The van der Waals surface area contributed by atoms with Gasteiger partial charge in [-0.1, -0.05) is 6.92 Å². The summed E-state index contributed by atoms with van der Waals surface area (Å²) in [5.41, 5.74) is 1.37. The molecule has 7 heteroatoms. The molecule has 2 fully saturated rings. The van der Waals surface area contributed by atoms with E-state index in [1.807, 2.05) is 13.1 Å². The minimum absolute atomic E-state index is 0.229. The van der Waals surface area contributed by atoms with Crippen LogP contribution in [0.4, 0.5) is 5.69 Å². The van der Waals surface area contributed by atoms with E-state index in [-0.39, 0.29) is 5.41 Å². The van der Waals surface area contributed by atoms with Gasteiger partial charge in [0.2, 0.25) is 0 Å². The quantitative estimate of drug-likeness (QED) is 0.584. The fraction of sp³-hybridized carbons (Fsp3) is 0.650. The number of aliphatic imine (C=N–C) groups is 1. The van der Waals surface area contributed by atoms with Crippen molar-refractivity contribution in [3.63, 3.8) is 0 Å². The van der Waals surface area contributed by atoms with Crippen LogP contribution in [0.2, 0.25) is 0 Å². The van der Waals surface area contributed by atoms with E-state index in [2.05, 4.69) is 39.6 Å². The molecular formula is C20H32N4O3. The second-order valence-corrected chi connectivity index (χ2v) is 7.71. The highest BCUT2D eigenvalue weighted by Crippen LogP contribution is 2.30. The van der Waals surface area contributed by atoms with Crippen molar-refractivity contribution in [1.82, 2.24) is 10.6 Å². The lowest BCUT2D eigenvalue weighted by Crippen LogP contribution is -2.53. The van der Waals surface area contributed by atoms with Gasteiger partial charge in [-0.3, -0.25) is 4.99 Å². The Bertz CT molecular complexity index is 630. The third-order valence-electron chi connectivity index (χ3n) is 5.34. The summed E-state index contributed by atoms with van der Waals surface area (Å²) in [5.74, 6) is 2.52. The monoisotopic (exact) mass is 376 g/mol. The first-order valence-electron chi connectivity index (χ1n) is 9.58. The predicted octanol–water partition coefficient (Wildman–Crippen LogP) is 1.87. The van der Waals surface area contributed by atoms with Gasteiger partial charge in [-0.2, -0.15) is 0 Å². The fourth-order valence-corrected chi connectivity index (χ4v) is 3.49. The molecule has 1 aromatic carbocycles. The Kier molecular flexibility index (Phi) is 6.31. The van der Waals surface area contributed by atoms with Crippen molar-refractivity contribution < 1.29 is 14.2 Å². The Morgan fingerprint density at radius 1 is 1.19 bits per heavy atom. The lowest BCUT2D eigenvalue weighted by Gasteiger charge is -2.39. The molecule has 0 saturated carbocycles. The molecule has 0 amide bonds. The molecule has 2 aliphatic rings. The van der Waals surface area contributed by atoms with Crippen LogP contribution >= 0.6 is 0 Å². The summed E-state index contributed by atoms with van der Waals surface area (Å²) in [7, 11) is 5.19. The highest BCUT2D eigenvalue weighted by molar-refractivity contribution is 5.80. The Morgan fingerprint density at radius 3 is 2.30 bits per heavy atom. The van der Waals surface area contributed by atoms with E-state index in [0.717, 1.165) is 68.8 Å². The molecule has 0 radical (unpaired) electrons. The van der Waals surface area contributed by atoms with Gasteiger partial charge in [0.25, 0.3) is 0 Å². The number of benzene rings is 1. The number of hydrogen-bond donors (Lipinski definition) is 2. The molecule has 27 heavy (non-hydrogen) atoms. The van der Waals surface area contributed by atoms with Crippen LogP contribution in [0, 0.1) is 5.41 Å². The highest BCUT2D eigenvalue weighted by atomic mass is 16.5. The number of hydrogen-bond acceptors (Lipinski definition) is 5. The van der Waals surface area contributed by atoms with Crippen LogP contribution < -0.4 is 25.0 Å². The van der Waals surface area contributed by atoms with Crippen LogP contribution in [-0.2, 0) is 4.74 Å². The average molecular weight is 377 g/mol. The molecule has 2 N–H and O–H groups in total.